The topological polar surface area (TPSA) is 29.5 Å². The number of aliphatic hydroxyl groups excluding tert-OH is 1. The molecule has 0 aliphatic heterocycles. The lowest BCUT2D eigenvalue weighted by Crippen LogP contribution is -2.46. The van der Waals surface area contributed by atoms with Crippen LogP contribution in [0.5, 0.6) is 0 Å². The fourth-order valence-electron chi connectivity index (χ4n) is 5.73. The van der Waals surface area contributed by atoms with Gasteiger partial charge < -0.3 is 9.84 Å². The van der Waals surface area contributed by atoms with Crippen LogP contribution in [0.15, 0.2) is 11.6 Å². The molecular formula is C20H34O2. The molecule has 0 spiro atoms. The average molecular weight is 306 g/mol. The van der Waals surface area contributed by atoms with Crippen LogP contribution in [0.4, 0.5) is 0 Å². The first-order chi connectivity index (χ1) is 10.3. The minimum atomic E-state index is -0.0248. The zero-order chi connectivity index (χ0) is 16.0. The van der Waals surface area contributed by atoms with E-state index in [4.69, 9.17) is 9.84 Å². The molecule has 0 heterocycles. The number of rotatable bonds is 2. The van der Waals surface area contributed by atoms with E-state index >= 15 is 0 Å². The second-order valence-corrected chi connectivity index (χ2v) is 9.16. The third-order valence-electron chi connectivity index (χ3n) is 6.70. The lowest BCUT2D eigenvalue weighted by Gasteiger charge is -2.51. The van der Waals surface area contributed by atoms with Crippen molar-refractivity contribution in [3.05, 3.63) is 11.6 Å². The van der Waals surface area contributed by atoms with E-state index in [1.807, 2.05) is 0 Å². The first-order valence-corrected chi connectivity index (χ1v) is 9.30. The van der Waals surface area contributed by atoms with Crippen molar-refractivity contribution in [1.29, 1.82) is 0 Å². The molecule has 0 aromatic carbocycles. The van der Waals surface area contributed by atoms with Gasteiger partial charge in [0.1, 0.15) is 0 Å². The van der Waals surface area contributed by atoms with Crippen LogP contribution in [0.2, 0.25) is 0 Å². The largest absolute Gasteiger partial charge is 0.392 e. The highest BCUT2D eigenvalue weighted by Crippen LogP contribution is 2.60. The minimum absolute atomic E-state index is 0.0248. The van der Waals surface area contributed by atoms with Gasteiger partial charge in [-0.3, -0.25) is 0 Å². The second kappa shape index (κ2) is 5.94. The number of hydrogen-bond acceptors (Lipinski definition) is 2. The molecule has 3 rings (SSSR count). The molecule has 0 aromatic heterocycles. The monoisotopic (exact) mass is 306 g/mol. The normalized spacial score (nSPS) is 44.0. The molecule has 5 atom stereocenters. The smallest absolute Gasteiger partial charge is 0.0638 e. The molecule has 2 heteroatoms. The van der Waals surface area contributed by atoms with E-state index in [0.717, 1.165) is 17.8 Å². The van der Waals surface area contributed by atoms with Gasteiger partial charge in [-0.25, -0.2) is 0 Å². The molecule has 22 heavy (non-hydrogen) atoms. The van der Waals surface area contributed by atoms with Crippen LogP contribution in [0, 0.1) is 23.2 Å². The maximum absolute atomic E-state index is 9.16. The number of allylic oxidation sites excluding steroid dienone is 1. The van der Waals surface area contributed by atoms with Crippen molar-refractivity contribution in [2.24, 2.45) is 23.2 Å². The molecule has 3 saturated carbocycles. The van der Waals surface area contributed by atoms with Crippen molar-refractivity contribution in [1.82, 2.24) is 0 Å². The summed E-state index contributed by atoms with van der Waals surface area (Å²) in [6.07, 6.45) is 11.6. The summed E-state index contributed by atoms with van der Waals surface area (Å²) in [4.78, 5) is 0. The molecule has 0 saturated heterocycles. The van der Waals surface area contributed by atoms with Crippen molar-refractivity contribution < 1.29 is 9.84 Å². The van der Waals surface area contributed by atoms with E-state index in [2.05, 4.69) is 33.8 Å². The van der Waals surface area contributed by atoms with Gasteiger partial charge in [0.2, 0.25) is 0 Å². The second-order valence-electron chi connectivity index (χ2n) is 9.16. The lowest BCUT2D eigenvalue weighted by atomic mass is 9.56. The molecule has 0 bridgehead atoms. The number of aliphatic hydroxyl groups is 1. The predicted molar refractivity (Wildman–Crippen MR) is 90.7 cm³/mol. The zero-order valence-corrected chi connectivity index (χ0v) is 14.9. The Morgan fingerprint density at radius 1 is 1.23 bits per heavy atom. The van der Waals surface area contributed by atoms with Crippen LogP contribution in [0.3, 0.4) is 0 Å². The average Bonchev–Trinajstić information content (AvgIpc) is 2.75. The Bertz CT molecular complexity index is 433. The summed E-state index contributed by atoms with van der Waals surface area (Å²) in [5.41, 5.74) is 1.88. The van der Waals surface area contributed by atoms with Gasteiger partial charge in [-0.15, -0.1) is 0 Å². The maximum Gasteiger partial charge on any atom is 0.0638 e. The molecular weight excluding hydrogens is 272 g/mol. The van der Waals surface area contributed by atoms with Crippen molar-refractivity contribution in [2.75, 3.05) is 6.61 Å². The van der Waals surface area contributed by atoms with Gasteiger partial charge in [-0.1, -0.05) is 18.6 Å². The highest BCUT2D eigenvalue weighted by Gasteiger charge is 2.55. The predicted octanol–water partition coefficient (Wildman–Crippen LogP) is 4.72. The van der Waals surface area contributed by atoms with E-state index in [1.54, 1.807) is 0 Å². The molecule has 3 aliphatic carbocycles. The van der Waals surface area contributed by atoms with E-state index in [0.29, 0.717) is 11.5 Å². The van der Waals surface area contributed by atoms with Crippen LogP contribution in [0.1, 0.15) is 72.6 Å². The zero-order valence-electron chi connectivity index (χ0n) is 14.9. The minimum Gasteiger partial charge on any atom is -0.392 e. The van der Waals surface area contributed by atoms with E-state index < -0.39 is 0 Å². The Labute approximate surface area is 136 Å². The number of ether oxygens (including phenoxy) is 1. The quantitative estimate of drug-likeness (QED) is 0.748. The molecule has 0 unspecified atom stereocenters. The summed E-state index contributed by atoms with van der Waals surface area (Å²) >= 11 is 0. The molecule has 3 fully saturated rings. The van der Waals surface area contributed by atoms with Gasteiger partial charge in [-0.2, -0.15) is 0 Å². The van der Waals surface area contributed by atoms with E-state index in [-0.39, 0.29) is 12.2 Å². The Hall–Kier alpha value is -0.340. The van der Waals surface area contributed by atoms with Crippen molar-refractivity contribution in [3.8, 4) is 0 Å². The van der Waals surface area contributed by atoms with Crippen molar-refractivity contribution >= 4 is 0 Å². The Morgan fingerprint density at radius 3 is 2.68 bits per heavy atom. The first kappa shape index (κ1) is 16.5. The van der Waals surface area contributed by atoms with Crippen LogP contribution in [0.25, 0.3) is 0 Å². The standard InChI is InChI=1S/C20H34O2/c1-19(2,3)22-18-8-7-17-16-6-5-14(10-12-21)13-15(16)9-11-20(17,18)4/h10,15-18,21H,5-9,11-13H2,1-4H3/t15-,16-,17+,18+,20+/m1/s1. The summed E-state index contributed by atoms with van der Waals surface area (Å²) in [6.45, 7) is 9.32. The van der Waals surface area contributed by atoms with Crippen LogP contribution >= 0.6 is 0 Å². The molecule has 0 amide bonds. The van der Waals surface area contributed by atoms with Gasteiger partial charge in [0.05, 0.1) is 18.3 Å². The van der Waals surface area contributed by atoms with E-state index in [9.17, 15) is 0 Å². The Balaban J connectivity index is 1.73. The fraction of sp³-hybridized carbons (Fsp3) is 0.900. The first-order valence-electron chi connectivity index (χ1n) is 9.30. The molecule has 0 aromatic rings. The summed E-state index contributed by atoms with van der Waals surface area (Å²) in [6, 6.07) is 0. The van der Waals surface area contributed by atoms with Gasteiger partial charge >= 0.3 is 0 Å². The highest BCUT2D eigenvalue weighted by atomic mass is 16.5. The van der Waals surface area contributed by atoms with Crippen LogP contribution in [-0.4, -0.2) is 23.4 Å². The van der Waals surface area contributed by atoms with Crippen LogP contribution in [-0.2, 0) is 4.74 Å². The molecule has 2 nitrogen and oxygen atoms in total. The molecule has 126 valence electrons. The SMILES string of the molecule is CC(C)(C)O[C@H]1CC[C@H]2[C@@H]3CCC(=CCO)C[C@H]3CC[C@]12C. The fourth-order valence-corrected chi connectivity index (χ4v) is 5.73. The summed E-state index contributed by atoms with van der Waals surface area (Å²) < 4.78 is 6.47. The maximum atomic E-state index is 9.16. The summed E-state index contributed by atoms with van der Waals surface area (Å²) in [5, 5.41) is 9.16. The molecule has 1 N–H and O–H groups in total. The van der Waals surface area contributed by atoms with Crippen LogP contribution < -0.4 is 0 Å². The lowest BCUT2D eigenvalue weighted by molar-refractivity contribution is -0.130. The van der Waals surface area contributed by atoms with Gasteiger partial charge in [0, 0.05) is 0 Å². The van der Waals surface area contributed by atoms with Gasteiger partial charge in [0.15, 0.2) is 0 Å². The molecule has 0 radical (unpaired) electrons. The summed E-state index contributed by atoms with van der Waals surface area (Å²) in [5.74, 6) is 2.61. The summed E-state index contributed by atoms with van der Waals surface area (Å²) in [7, 11) is 0. The Morgan fingerprint density at radius 2 is 2.00 bits per heavy atom. The molecule has 3 aliphatic rings. The third kappa shape index (κ3) is 3.01. The number of hydrogen-bond donors (Lipinski definition) is 1. The highest BCUT2D eigenvalue weighted by molar-refractivity contribution is 5.12. The van der Waals surface area contributed by atoms with Crippen molar-refractivity contribution in [2.45, 2.75) is 84.3 Å². The van der Waals surface area contributed by atoms with E-state index in [1.165, 1.54) is 50.5 Å². The van der Waals surface area contributed by atoms with Crippen molar-refractivity contribution in [3.63, 3.8) is 0 Å². The van der Waals surface area contributed by atoms with Gasteiger partial charge in [-0.05, 0) is 88.9 Å². The van der Waals surface area contributed by atoms with Gasteiger partial charge in [0.25, 0.3) is 0 Å². The third-order valence-corrected chi connectivity index (χ3v) is 6.70. The Kier molecular flexibility index (Phi) is 4.46. The number of fused-ring (bicyclic) bond motifs is 3.